The second-order valence-corrected chi connectivity index (χ2v) is 8.78. The van der Waals surface area contributed by atoms with Gasteiger partial charge in [0.05, 0.1) is 44.6 Å². The van der Waals surface area contributed by atoms with Crippen LogP contribution in [0, 0.1) is 5.92 Å². The number of hydrogen-bond acceptors (Lipinski definition) is 5. The Morgan fingerprint density at radius 3 is 2.85 bits per heavy atom. The van der Waals surface area contributed by atoms with Crippen molar-refractivity contribution < 1.29 is 18.5 Å². The average Bonchev–Trinajstić information content (AvgIpc) is 3.27. The van der Waals surface area contributed by atoms with Crippen molar-refractivity contribution in [2.24, 2.45) is 11.1 Å². The SMILES string of the molecule is NS(=O)(=CC1CC1)c1cc(C(=O)NCCO)c(NCc2ccco2)cc1Cl. The van der Waals surface area contributed by atoms with E-state index in [-0.39, 0.29) is 34.6 Å². The molecule has 1 fully saturated rings. The molecule has 0 saturated heterocycles. The minimum atomic E-state index is -2.96. The van der Waals surface area contributed by atoms with E-state index in [2.05, 4.69) is 10.6 Å². The Bertz CT molecular complexity index is 932. The molecule has 0 bridgehead atoms. The molecule has 1 aromatic carbocycles. The summed E-state index contributed by atoms with van der Waals surface area (Å²) in [5.41, 5.74) is 0.703. The number of furan rings is 1. The minimum absolute atomic E-state index is 0.0978. The number of nitrogens with two attached hydrogens (primary N) is 1. The van der Waals surface area contributed by atoms with Gasteiger partial charge in [-0.15, -0.1) is 0 Å². The van der Waals surface area contributed by atoms with Crippen LogP contribution in [0.4, 0.5) is 5.69 Å². The first-order valence-electron chi connectivity index (χ1n) is 8.56. The van der Waals surface area contributed by atoms with Crippen molar-refractivity contribution in [3.63, 3.8) is 0 Å². The highest BCUT2D eigenvalue weighted by atomic mass is 35.5. The van der Waals surface area contributed by atoms with E-state index >= 15 is 0 Å². The van der Waals surface area contributed by atoms with Gasteiger partial charge in [0.1, 0.15) is 5.76 Å². The first-order valence-corrected chi connectivity index (χ1v) is 10.6. The van der Waals surface area contributed by atoms with Gasteiger partial charge in [0.2, 0.25) is 0 Å². The number of halogens is 1. The molecule has 1 aromatic heterocycles. The molecule has 1 saturated carbocycles. The quantitative estimate of drug-likeness (QED) is 0.495. The first-order chi connectivity index (χ1) is 12.9. The number of benzene rings is 1. The largest absolute Gasteiger partial charge is 0.467 e. The van der Waals surface area contributed by atoms with Gasteiger partial charge in [-0.05, 0) is 48.4 Å². The second kappa shape index (κ2) is 8.35. The molecule has 1 unspecified atom stereocenters. The Hall–Kier alpha value is -2.00. The van der Waals surface area contributed by atoms with E-state index in [1.54, 1.807) is 29.8 Å². The Labute approximate surface area is 163 Å². The summed E-state index contributed by atoms with van der Waals surface area (Å²) in [5.74, 6) is 0.481. The van der Waals surface area contributed by atoms with E-state index in [0.717, 1.165) is 12.8 Å². The highest BCUT2D eigenvalue weighted by Gasteiger charge is 2.24. The van der Waals surface area contributed by atoms with Crippen LogP contribution in [0.1, 0.15) is 29.0 Å². The van der Waals surface area contributed by atoms with Crippen LogP contribution >= 0.6 is 11.6 Å². The zero-order chi connectivity index (χ0) is 19.4. The van der Waals surface area contributed by atoms with Crippen molar-refractivity contribution in [1.29, 1.82) is 0 Å². The lowest BCUT2D eigenvalue weighted by Crippen LogP contribution is -2.28. The van der Waals surface area contributed by atoms with Crippen LogP contribution in [0.3, 0.4) is 0 Å². The van der Waals surface area contributed by atoms with Gasteiger partial charge in [0.25, 0.3) is 5.91 Å². The van der Waals surface area contributed by atoms with Crippen molar-refractivity contribution in [1.82, 2.24) is 5.32 Å². The van der Waals surface area contributed by atoms with E-state index in [1.165, 1.54) is 6.07 Å². The predicted molar refractivity (Wildman–Crippen MR) is 106 cm³/mol. The lowest BCUT2D eigenvalue weighted by molar-refractivity contribution is 0.0945. The average molecular weight is 412 g/mol. The lowest BCUT2D eigenvalue weighted by Gasteiger charge is -2.16. The van der Waals surface area contributed by atoms with Crippen LogP contribution in [-0.2, 0) is 16.3 Å². The maximum atomic E-state index is 12.9. The maximum absolute atomic E-state index is 12.9. The van der Waals surface area contributed by atoms with E-state index < -0.39 is 15.6 Å². The Kier molecular flexibility index (Phi) is 6.11. The Balaban J connectivity index is 1.97. The molecule has 1 aliphatic carbocycles. The number of aliphatic hydroxyl groups excluding tert-OH is 1. The van der Waals surface area contributed by atoms with E-state index in [1.807, 2.05) is 0 Å². The van der Waals surface area contributed by atoms with Gasteiger partial charge in [0.15, 0.2) is 0 Å². The maximum Gasteiger partial charge on any atom is 0.253 e. The smallest absolute Gasteiger partial charge is 0.253 e. The number of carbonyl (C=O) groups is 1. The van der Waals surface area contributed by atoms with Gasteiger partial charge >= 0.3 is 0 Å². The van der Waals surface area contributed by atoms with E-state index in [4.69, 9.17) is 26.3 Å². The normalized spacial score (nSPS) is 15.8. The lowest BCUT2D eigenvalue weighted by atomic mass is 10.1. The molecule has 0 aliphatic heterocycles. The number of rotatable bonds is 8. The summed E-state index contributed by atoms with van der Waals surface area (Å²) in [6.45, 7) is 0.250. The van der Waals surface area contributed by atoms with Crippen LogP contribution in [0.5, 0.6) is 0 Å². The molecule has 0 radical (unpaired) electrons. The standard InChI is InChI=1S/C18H22ClN3O4S/c19-15-9-16(22-10-13-2-1-7-26-13)14(18(24)21-5-6-23)8-17(15)27(20,25)11-12-3-4-12/h1-2,7-9,11-12,22-23H,3-6,10H2,(H2,20,25)(H,21,24). The Morgan fingerprint density at radius 1 is 1.44 bits per heavy atom. The monoisotopic (exact) mass is 411 g/mol. The summed E-state index contributed by atoms with van der Waals surface area (Å²) >= 11 is 6.35. The van der Waals surface area contributed by atoms with Crippen molar-refractivity contribution in [3.05, 3.63) is 46.9 Å². The number of anilines is 1. The van der Waals surface area contributed by atoms with Crippen molar-refractivity contribution in [3.8, 4) is 0 Å². The zero-order valence-electron chi connectivity index (χ0n) is 14.6. The van der Waals surface area contributed by atoms with Crippen molar-refractivity contribution in [2.45, 2.75) is 24.3 Å². The summed E-state index contributed by atoms with van der Waals surface area (Å²) < 4.78 is 18.2. The third kappa shape index (κ3) is 5.04. The Morgan fingerprint density at radius 2 is 2.22 bits per heavy atom. The molecule has 3 rings (SSSR count). The third-order valence-electron chi connectivity index (χ3n) is 4.11. The van der Waals surface area contributed by atoms with Gasteiger partial charge in [-0.3, -0.25) is 9.93 Å². The number of nitrogens with one attached hydrogen (secondary N) is 2. The number of aliphatic hydroxyl groups is 1. The molecule has 1 atom stereocenters. The van der Waals surface area contributed by atoms with Crippen molar-refractivity contribution in [2.75, 3.05) is 18.5 Å². The van der Waals surface area contributed by atoms with Crippen LogP contribution in [0.15, 0.2) is 39.8 Å². The fourth-order valence-corrected chi connectivity index (χ4v) is 4.77. The molecule has 1 heterocycles. The van der Waals surface area contributed by atoms with Crippen molar-refractivity contribution >= 4 is 38.3 Å². The summed E-state index contributed by atoms with van der Waals surface area (Å²) in [6, 6.07) is 6.56. The van der Waals surface area contributed by atoms with Gasteiger partial charge in [-0.25, -0.2) is 4.21 Å². The fraction of sp³-hybridized carbons (Fsp3) is 0.333. The predicted octanol–water partition coefficient (Wildman–Crippen LogP) is 2.00. The summed E-state index contributed by atoms with van der Waals surface area (Å²) in [7, 11) is -2.96. The topological polar surface area (TPSA) is 118 Å². The molecule has 1 aliphatic rings. The molecule has 9 heteroatoms. The molecule has 0 spiro atoms. The zero-order valence-corrected chi connectivity index (χ0v) is 16.2. The summed E-state index contributed by atoms with van der Waals surface area (Å²) in [6.07, 6.45) is 3.47. The number of amides is 1. The number of hydrogen-bond donors (Lipinski definition) is 4. The van der Waals surface area contributed by atoms with Gasteiger partial charge in [0, 0.05) is 12.2 Å². The third-order valence-corrected chi connectivity index (χ3v) is 6.35. The molecule has 5 N–H and O–H groups in total. The van der Waals surface area contributed by atoms with E-state index in [9.17, 15) is 9.00 Å². The van der Waals surface area contributed by atoms with Crippen LogP contribution in [0.2, 0.25) is 5.02 Å². The van der Waals surface area contributed by atoms with Gasteiger partial charge in [-0.2, -0.15) is 0 Å². The first kappa shape index (κ1) is 19.8. The molecular weight excluding hydrogens is 390 g/mol. The molecule has 1 amide bonds. The van der Waals surface area contributed by atoms with Gasteiger partial charge < -0.3 is 20.2 Å². The molecule has 2 aromatic rings. The number of carbonyl (C=O) groups excluding carboxylic acids is 1. The van der Waals surface area contributed by atoms with Crippen LogP contribution in [0.25, 0.3) is 0 Å². The highest BCUT2D eigenvalue weighted by molar-refractivity contribution is 7.99. The summed E-state index contributed by atoms with van der Waals surface area (Å²) in [5, 5.41) is 22.5. The van der Waals surface area contributed by atoms with Crippen LogP contribution < -0.4 is 15.8 Å². The molecule has 7 nitrogen and oxygen atoms in total. The second-order valence-electron chi connectivity index (χ2n) is 6.36. The fourth-order valence-electron chi connectivity index (χ4n) is 2.58. The molecule has 27 heavy (non-hydrogen) atoms. The minimum Gasteiger partial charge on any atom is -0.467 e. The summed E-state index contributed by atoms with van der Waals surface area (Å²) in [4.78, 5) is 12.8. The van der Waals surface area contributed by atoms with Crippen LogP contribution in [-0.4, -0.2) is 33.7 Å². The van der Waals surface area contributed by atoms with Gasteiger partial charge in [-0.1, -0.05) is 11.6 Å². The molecule has 146 valence electrons. The highest BCUT2D eigenvalue weighted by Crippen LogP contribution is 2.32. The molecular formula is C18H22ClN3O4S. The van der Waals surface area contributed by atoms with E-state index in [0.29, 0.717) is 18.0 Å².